The number of hydrogen-bond acceptors (Lipinski definition) is 6. The van der Waals surface area contributed by atoms with Crippen LogP contribution < -0.4 is 4.74 Å². The van der Waals surface area contributed by atoms with Crippen molar-refractivity contribution in [3.05, 3.63) is 45.7 Å². The number of ether oxygens (including phenoxy) is 1. The predicted octanol–water partition coefficient (Wildman–Crippen LogP) is 3.70. The molecule has 0 atom stereocenters. The van der Waals surface area contributed by atoms with Crippen LogP contribution in [0.15, 0.2) is 33.9 Å². The lowest BCUT2D eigenvalue weighted by Crippen LogP contribution is -2.31. The van der Waals surface area contributed by atoms with Gasteiger partial charge in [-0.25, -0.2) is 9.50 Å². The van der Waals surface area contributed by atoms with Gasteiger partial charge in [-0.3, -0.25) is 4.79 Å². The fourth-order valence-electron chi connectivity index (χ4n) is 3.02. The van der Waals surface area contributed by atoms with Crippen LogP contribution >= 0.6 is 27.7 Å². The second kappa shape index (κ2) is 9.58. The third-order valence-corrected chi connectivity index (χ3v) is 5.80. The number of halogens is 1. The van der Waals surface area contributed by atoms with E-state index in [1.165, 1.54) is 11.8 Å². The van der Waals surface area contributed by atoms with E-state index in [0.29, 0.717) is 36.9 Å². The number of rotatable bonds is 8. The molecule has 0 aliphatic carbocycles. The van der Waals surface area contributed by atoms with Crippen molar-refractivity contribution in [3.8, 4) is 5.75 Å². The van der Waals surface area contributed by atoms with Crippen LogP contribution in [-0.2, 0) is 11.2 Å². The first-order valence-electron chi connectivity index (χ1n) is 9.28. The fraction of sp³-hybridized carbons (Fsp3) is 0.400. The van der Waals surface area contributed by atoms with E-state index in [2.05, 4.69) is 31.0 Å². The quantitative estimate of drug-likeness (QED) is 0.460. The number of nitrogens with zero attached hydrogens (tertiary/aromatic N) is 5. The van der Waals surface area contributed by atoms with Crippen LogP contribution in [0.4, 0.5) is 0 Å². The monoisotopic (exact) mass is 477 g/mol. The molecule has 0 aliphatic rings. The third-order valence-electron chi connectivity index (χ3n) is 4.74. The lowest BCUT2D eigenvalue weighted by molar-refractivity contribution is -0.130. The number of carbonyl (C=O) groups is 1. The van der Waals surface area contributed by atoms with Gasteiger partial charge >= 0.3 is 0 Å². The van der Waals surface area contributed by atoms with Crippen molar-refractivity contribution in [1.82, 2.24) is 24.5 Å². The molecule has 0 aliphatic heterocycles. The second-order valence-electron chi connectivity index (χ2n) is 6.69. The van der Waals surface area contributed by atoms with Crippen LogP contribution in [-0.4, -0.2) is 56.8 Å². The zero-order valence-corrected chi connectivity index (χ0v) is 19.4. The molecular formula is C20H24BrN5O2S. The number of fused-ring (bicyclic) bond motifs is 1. The molecule has 0 saturated carbocycles. The van der Waals surface area contributed by atoms with Gasteiger partial charge in [0.1, 0.15) is 12.4 Å². The van der Waals surface area contributed by atoms with Gasteiger partial charge < -0.3 is 9.64 Å². The number of carbonyl (C=O) groups excluding carboxylic acids is 1. The number of aryl methyl sites for hydroxylation is 2. The second-order valence-corrected chi connectivity index (χ2v) is 8.38. The van der Waals surface area contributed by atoms with Crippen LogP contribution in [0.2, 0.25) is 0 Å². The Morgan fingerprint density at radius 3 is 2.66 bits per heavy atom. The summed E-state index contributed by atoms with van der Waals surface area (Å²) >= 11 is 4.88. The van der Waals surface area contributed by atoms with Gasteiger partial charge in [-0.2, -0.15) is 4.98 Å². The highest BCUT2D eigenvalue weighted by Crippen LogP contribution is 2.19. The molecule has 9 heteroatoms. The molecule has 154 valence electrons. The fourth-order valence-corrected chi connectivity index (χ4v) is 3.62. The minimum absolute atomic E-state index is 0.0756. The molecule has 29 heavy (non-hydrogen) atoms. The molecule has 0 fully saturated rings. The van der Waals surface area contributed by atoms with Gasteiger partial charge in [-0.15, -0.1) is 5.10 Å². The van der Waals surface area contributed by atoms with Gasteiger partial charge in [-0.05, 0) is 56.4 Å². The molecule has 1 amide bonds. The molecule has 3 rings (SSSR count). The molecule has 0 spiro atoms. The van der Waals surface area contributed by atoms with Crippen molar-refractivity contribution >= 4 is 39.4 Å². The number of hydrogen-bond donors (Lipinski definition) is 0. The lowest BCUT2D eigenvalue weighted by Gasteiger charge is -2.18. The Morgan fingerprint density at radius 2 is 1.97 bits per heavy atom. The van der Waals surface area contributed by atoms with Crippen LogP contribution in [0.3, 0.4) is 0 Å². The van der Waals surface area contributed by atoms with Gasteiger partial charge in [-0.1, -0.05) is 27.7 Å². The maximum absolute atomic E-state index is 12.5. The summed E-state index contributed by atoms with van der Waals surface area (Å²) in [6.07, 6.45) is 2.96. The number of amides is 1. The highest BCUT2D eigenvalue weighted by molar-refractivity contribution is 9.10. The molecular weight excluding hydrogens is 454 g/mol. The molecule has 0 radical (unpaired) electrons. The van der Waals surface area contributed by atoms with Crippen LogP contribution in [0.1, 0.15) is 23.4 Å². The number of likely N-dealkylation sites (N-methyl/N-ethyl adjacent to an activating group) is 1. The molecule has 1 aromatic carbocycles. The molecule has 2 heterocycles. The van der Waals surface area contributed by atoms with E-state index in [1.54, 1.807) is 16.5 Å². The van der Waals surface area contributed by atoms with E-state index in [0.717, 1.165) is 27.2 Å². The van der Waals surface area contributed by atoms with Crippen molar-refractivity contribution < 1.29 is 9.53 Å². The van der Waals surface area contributed by atoms with Gasteiger partial charge in [0.25, 0.3) is 5.78 Å². The van der Waals surface area contributed by atoms with E-state index in [1.807, 2.05) is 44.4 Å². The first-order chi connectivity index (χ1) is 13.9. The highest BCUT2D eigenvalue weighted by Gasteiger charge is 2.16. The molecule has 0 N–H and O–H groups in total. The Bertz CT molecular complexity index is 1010. The highest BCUT2D eigenvalue weighted by atomic mass is 79.9. The Kier molecular flexibility index (Phi) is 7.13. The summed E-state index contributed by atoms with van der Waals surface area (Å²) in [4.78, 5) is 23.2. The van der Waals surface area contributed by atoms with Crippen molar-refractivity contribution in [2.75, 3.05) is 26.5 Å². The van der Waals surface area contributed by atoms with E-state index in [4.69, 9.17) is 4.74 Å². The van der Waals surface area contributed by atoms with E-state index in [9.17, 15) is 4.79 Å². The zero-order chi connectivity index (χ0) is 21.0. The largest absolute Gasteiger partial charge is 0.492 e. The number of thioether (sulfide) groups is 1. The average Bonchev–Trinajstić information content (AvgIpc) is 3.12. The molecule has 2 aromatic heterocycles. The topological polar surface area (TPSA) is 72.6 Å². The smallest absolute Gasteiger partial charge is 0.253 e. The zero-order valence-electron chi connectivity index (χ0n) is 17.0. The summed E-state index contributed by atoms with van der Waals surface area (Å²) < 4.78 is 8.46. The molecule has 7 nitrogen and oxygen atoms in total. The van der Waals surface area contributed by atoms with Gasteiger partial charge in [0.05, 0.1) is 6.54 Å². The molecule has 0 saturated heterocycles. The van der Waals surface area contributed by atoms with Crippen LogP contribution in [0, 0.1) is 13.8 Å². The summed E-state index contributed by atoms with van der Waals surface area (Å²) in [5.41, 5.74) is 2.92. The molecule has 0 bridgehead atoms. The molecule has 3 aromatic rings. The van der Waals surface area contributed by atoms with Crippen molar-refractivity contribution in [2.45, 2.75) is 31.8 Å². The number of benzene rings is 1. The Balaban J connectivity index is 1.56. The normalized spacial score (nSPS) is 11.1. The Morgan fingerprint density at radius 1 is 1.24 bits per heavy atom. The summed E-state index contributed by atoms with van der Waals surface area (Å²) in [5, 5.41) is 5.15. The SMILES string of the molecule is CSc1nc2nc(C)c(CCC(=O)N(C)CCOc3ccc(Br)cc3)c(C)n2n1. The summed E-state index contributed by atoms with van der Waals surface area (Å²) in [7, 11) is 1.80. The number of aromatic nitrogens is 4. The van der Waals surface area contributed by atoms with Gasteiger partial charge in [0, 0.05) is 29.3 Å². The molecule has 0 unspecified atom stereocenters. The van der Waals surface area contributed by atoms with Crippen molar-refractivity contribution in [3.63, 3.8) is 0 Å². The predicted molar refractivity (Wildman–Crippen MR) is 118 cm³/mol. The van der Waals surface area contributed by atoms with E-state index < -0.39 is 0 Å². The van der Waals surface area contributed by atoms with E-state index in [-0.39, 0.29) is 5.91 Å². The van der Waals surface area contributed by atoms with Gasteiger partial charge in [0.15, 0.2) is 0 Å². The summed E-state index contributed by atoms with van der Waals surface area (Å²) in [6.45, 7) is 4.93. The first-order valence-corrected chi connectivity index (χ1v) is 11.3. The minimum atomic E-state index is 0.0756. The van der Waals surface area contributed by atoms with Crippen LogP contribution in [0.5, 0.6) is 5.75 Å². The van der Waals surface area contributed by atoms with E-state index >= 15 is 0 Å². The minimum Gasteiger partial charge on any atom is -0.492 e. The Hall–Kier alpha value is -2.13. The van der Waals surface area contributed by atoms with Gasteiger partial charge in [0.2, 0.25) is 11.1 Å². The lowest BCUT2D eigenvalue weighted by atomic mass is 10.1. The maximum atomic E-state index is 12.5. The Labute approximate surface area is 183 Å². The summed E-state index contributed by atoms with van der Waals surface area (Å²) in [6, 6.07) is 7.65. The van der Waals surface area contributed by atoms with Crippen molar-refractivity contribution in [2.24, 2.45) is 0 Å². The third kappa shape index (κ3) is 5.27. The standard InChI is InChI=1S/C20H24BrN5O2S/c1-13-17(14(2)26-19(22-13)23-20(24-26)29-4)9-10-18(27)25(3)11-12-28-16-7-5-15(21)6-8-16/h5-8H,9-12H2,1-4H3. The van der Waals surface area contributed by atoms with Crippen molar-refractivity contribution in [1.29, 1.82) is 0 Å². The summed E-state index contributed by atoms with van der Waals surface area (Å²) in [5.74, 6) is 1.46. The van der Waals surface area contributed by atoms with Crippen LogP contribution in [0.25, 0.3) is 5.78 Å². The maximum Gasteiger partial charge on any atom is 0.253 e. The average molecular weight is 478 g/mol. The first kappa shape index (κ1) is 21.6.